The molecule has 1 heterocycles. The highest BCUT2D eigenvalue weighted by atomic mass is 35.5. The zero-order valence-corrected chi connectivity index (χ0v) is 16.7. The number of ether oxygens (including phenoxy) is 1. The SMILES string of the molecule is CCC[C@H]1C(=C=O)N(Cc2ccc(F)cc2)CCN1COc1ccc(Cl)cc1. The monoisotopic (exact) mass is 402 g/mol. The molecule has 148 valence electrons. The van der Waals surface area contributed by atoms with Crippen molar-refractivity contribution in [3.8, 4) is 5.75 Å². The Bertz CT molecular complexity index is 819. The summed E-state index contributed by atoms with van der Waals surface area (Å²) < 4.78 is 19.1. The molecule has 1 aliphatic heterocycles. The zero-order valence-electron chi connectivity index (χ0n) is 15.9. The molecule has 1 saturated heterocycles. The number of hydrogen-bond acceptors (Lipinski definition) is 4. The van der Waals surface area contributed by atoms with Crippen molar-refractivity contribution < 1.29 is 13.9 Å². The maximum absolute atomic E-state index is 13.2. The summed E-state index contributed by atoms with van der Waals surface area (Å²) in [6, 6.07) is 13.6. The van der Waals surface area contributed by atoms with E-state index in [1.165, 1.54) is 12.1 Å². The molecule has 0 saturated carbocycles. The van der Waals surface area contributed by atoms with E-state index in [0.29, 0.717) is 30.5 Å². The van der Waals surface area contributed by atoms with Gasteiger partial charge in [0.25, 0.3) is 0 Å². The lowest BCUT2D eigenvalue weighted by atomic mass is 10.0. The van der Waals surface area contributed by atoms with Crippen LogP contribution in [0.3, 0.4) is 0 Å². The minimum Gasteiger partial charge on any atom is -0.478 e. The molecule has 0 bridgehead atoms. The van der Waals surface area contributed by atoms with E-state index in [0.717, 1.165) is 30.7 Å². The first kappa shape index (κ1) is 20.4. The van der Waals surface area contributed by atoms with Crippen molar-refractivity contribution in [2.45, 2.75) is 32.4 Å². The van der Waals surface area contributed by atoms with Crippen molar-refractivity contribution in [1.29, 1.82) is 0 Å². The Morgan fingerprint density at radius 1 is 1.14 bits per heavy atom. The number of hydrogen-bond donors (Lipinski definition) is 0. The van der Waals surface area contributed by atoms with E-state index < -0.39 is 0 Å². The first-order valence-electron chi connectivity index (χ1n) is 9.47. The largest absolute Gasteiger partial charge is 0.478 e. The summed E-state index contributed by atoms with van der Waals surface area (Å²) in [5.41, 5.74) is 1.60. The standard InChI is InChI=1S/C22H24ClFN2O2/c1-2-3-21-22(15-27)25(14-17-4-8-19(24)9-5-17)12-13-26(21)16-28-20-10-6-18(23)7-11-20/h4-11,21H,2-3,12-14,16H2,1H3/t21-/m0/s1. The van der Waals surface area contributed by atoms with Gasteiger partial charge in [-0.2, -0.15) is 0 Å². The van der Waals surface area contributed by atoms with E-state index in [-0.39, 0.29) is 11.9 Å². The molecule has 4 nitrogen and oxygen atoms in total. The predicted octanol–water partition coefficient (Wildman–Crippen LogP) is 4.52. The van der Waals surface area contributed by atoms with Crippen LogP contribution in [0.2, 0.25) is 5.02 Å². The van der Waals surface area contributed by atoms with Crippen LogP contribution in [0.1, 0.15) is 25.3 Å². The van der Waals surface area contributed by atoms with Crippen LogP contribution in [0, 0.1) is 5.82 Å². The first-order valence-corrected chi connectivity index (χ1v) is 9.85. The van der Waals surface area contributed by atoms with Crippen molar-refractivity contribution in [3.05, 3.63) is 70.6 Å². The Morgan fingerprint density at radius 2 is 1.86 bits per heavy atom. The van der Waals surface area contributed by atoms with Crippen molar-refractivity contribution in [2.75, 3.05) is 19.8 Å². The van der Waals surface area contributed by atoms with Gasteiger partial charge in [-0.05, 0) is 48.4 Å². The minimum atomic E-state index is -0.261. The normalized spacial score (nSPS) is 17.5. The van der Waals surface area contributed by atoms with Gasteiger partial charge in [0.15, 0.2) is 0 Å². The lowest BCUT2D eigenvalue weighted by Crippen LogP contribution is -2.52. The van der Waals surface area contributed by atoms with E-state index in [1.807, 2.05) is 17.0 Å². The summed E-state index contributed by atoms with van der Waals surface area (Å²) >= 11 is 5.92. The summed E-state index contributed by atoms with van der Waals surface area (Å²) in [4.78, 5) is 16.0. The van der Waals surface area contributed by atoms with Crippen LogP contribution in [-0.2, 0) is 11.3 Å². The third-order valence-corrected chi connectivity index (χ3v) is 5.17. The lowest BCUT2D eigenvalue weighted by molar-refractivity contribution is 0.0441. The number of piperazine rings is 1. The zero-order chi connectivity index (χ0) is 19.9. The van der Waals surface area contributed by atoms with Crippen LogP contribution >= 0.6 is 11.6 Å². The average molecular weight is 403 g/mol. The molecular weight excluding hydrogens is 379 g/mol. The number of halogens is 2. The molecule has 0 unspecified atom stereocenters. The number of nitrogens with zero attached hydrogens (tertiary/aromatic N) is 2. The van der Waals surface area contributed by atoms with Crippen LogP contribution in [0.5, 0.6) is 5.75 Å². The van der Waals surface area contributed by atoms with Crippen molar-refractivity contribution in [2.24, 2.45) is 0 Å². The van der Waals surface area contributed by atoms with Crippen LogP contribution in [0.25, 0.3) is 0 Å². The molecule has 0 N–H and O–H groups in total. The quantitative estimate of drug-likeness (QED) is 0.637. The van der Waals surface area contributed by atoms with Gasteiger partial charge < -0.3 is 9.64 Å². The fraction of sp³-hybridized carbons (Fsp3) is 0.364. The number of carbonyl (C=O) groups excluding carboxylic acids is 1. The second-order valence-corrected chi connectivity index (χ2v) is 7.32. The van der Waals surface area contributed by atoms with E-state index >= 15 is 0 Å². The molecule has 2 aromatic carbocycles. The minimum absolute atomic E-state index is 0.0519. The van der Waals surface area contributed by atoms with Gasteiger partial charge in [0, 0.05) is 24.7 Å². The summed E-state index contributed by atoms with van der Waals surface area (Å²) in [6.45, 7) is 4.51. The van der Waals surface area contributed by atoms with Gasteiger partial charge >= 0.3 is 0 Å². The van der Waals surface area contributed by atoms with Crippen LogP contribution in [0.4, 0.5) is 4.39 Å². The Labute approximate surface area is 170 Å². The average Bonchev–Trinajstić information content (AvgIpc) is 2.70. The van der Waals surface area contributed by atoms with Gasteiger partial charge in [0.05, 0.1) is 6.04 Å². The van der Waals surface area contributed by atoms with Crippen molar-refractivity contribution >= 4 is 17.5 Å². The predicted molar refractivity (Wildman–Crippen MR) is 108 cm³/mol. The molecule has 0 amide bonds. The molecular formula is C22H24ClFN2O2. The Hall–Kier alpha value is -2.33. The van der Waals surface area contributed by atoms with Gasteiger partial charge in [-0.1, -0.05) is 37.1 Å². The summed E-state index contributed by atoms with van der Waals surface area (Å²) in [6.07, 6.45) is 1.78. The smallest absolute Gasteiger partial charge is 0.147 e. The van der Waals surface area contributed by atoms with E-state index in [2.05, 4.69) is 17.8 Å². The fourth-order valence-electron chi connectivity index (χ4n) is 3.45. The third-order valence-electron chi connectivity index (χ3n) is 4.92. The molecule has 0 radical (unpaired) electrons. The van der Waals surface area contributed by atoms with Gasteiger partial charge in [-0.25, -0.2) is 9.18 Å². The summed E-state index contributed by atoms with van der Waals surface area (Å²) in [5, 5.41) is 0.664. The molecule has 1 fully saturated rings. The third kappa shape index (κ3) is 5.14. The summed E-state index contributed by atoms with van der Waals surface area (Å²) in [5.74, 6) is 2.64. The molecule has 28 heavy (non-hydrogen) atoms. The first-order chi connectivity index (χ1) is 13.6. The second kappa shape index (κ2) is 9.74. The Balaban J connectivity index is 1.69. The molecule has 1 aliphatic rings. The highest BCUT2D eigenvalue weighted by Crippen LogP contribution is 2.25. The molecule has 2 aromatic rings. The highest BCUT2D eigenvalue weighted by molar-refractivity contribution is 6.30. The van der Waals surface area contributed by atoms with E-state index in [1.54, 1.807) is 24.3 Å². The van der Waals surface area contributed by atoms with Crippen molar-refractivity contribution in [3.63, 3.8) is 0 Å². The number of rotatable bonds is 7. The van der Waals surface area contributed by atoms with Crippen LogP contribution in [0.15, 0.2) is 54.2 Å². The van der Waals surface area contributed by atoms with Gasteiger partial charge in [0.2, 0.25) is 0 Å². The van der Waals surface area contributed by atoms with Gasteiger partial charge in [0.1, 0.15) is 29.9 Å². The van der Waals surface area contributed by atoms with Crippen LogP contribution in [-0.4, -0.2) is 41.6 Å². The summed E-state index contributed by atoms with van der Waals surface area (Å²) in [7, 11) is 0. The lowest BCUT2D eigenvalue weighted by Gasteiger charge is -2.42. The van der Waals surface area contributed by atoms with E-state index in [9.17, 15) is 9.18 Å². The molecule has 0 aromatic heterocycles. The highest BCUT2D eigenvalue weighted by Gasteiger charge is 2.32. The molecule has 0 aliphatic carbocycles. The van der Waals surface area contributed by atoms with Gasteiger partial charge in [-0.15, -0.1) is 0 Å². The molecule has 6 heteroatoms. The Kier molecular flexibility index (Phi) is 7.10. The van der Waals surface area contributed by atoms with Crippen molar-refractivity contribution in [1.82, 2.24) is 9.80 Å². The fourth-order valence-corrected chi connectivity index (χ4v) is 3.58. The Morgan fingerprint density at radius 3 is 2.50 bits per heavy atom. The maximum atomic E-state index is 13.2. The van der Waals surface area contributed by atoms with Gasteiger partial charge in [-0.3, -0.25) is 4.90 Å². The van der Waals surface area contributed by atoms with Crippen LogP contribution < -0.4 is 4.74 Å². The second-order valence-electron chi connectivity index (χ2n) is 6.88. The number of benzene rings is 2. The molecule has 0 spiro atoms. The molecule has 1 atom stereocenters. The van der Waals surface area contributed by atoms with E-state index in [4.69, 9.17) is 16.3 Å². The maximum Gasteiger partial charge on any atom is 0.147 e. The topological polar surface area (TPSA) is 32.8 Å². The molecule has 3 rings (SSSR count).